The fourth-order valence-corrected chi connectivity index (χ4v) is 3.34. The lowest BCUT2D eigenvalue weighted by Crippen LogP contribution is -2.35. The number of aryl methyl sites for hydroxylation is 1. The number of fused-ring (bicyclic) bond motifs is 1. The van der Waals surface area contributed by atoms with E-state index in [9.17, 15) is 9.59 Å². The summed E-state index contributed by atoms with van der Waals surface area (Å²) in [4.78, 5) is 28.2. The average Bonchev–Trinajstić information content (AvgIpc) is 2.70. The minimum Gasteiger partial charge on any atom is -0.484 e. The molecule has 0 saturated carbocycles. The molecule has 0 spiro atoms. The van der Waals surface area contributed by atoms with E-state index in [1.54, 1.807) is 38.4 Å². The van der Waals surface area contributed by atoms with Crippen molar-refractivity contribution < 1.29 is 14.3 Å². The molecule has 0 aliphatic carbocycles. The van der Waals surface area contributed by atoms with E-state index in [2.05, 4.69) is 32.0 Å². The van der Waals surface area contributed by atoms with Crippen LogP contribution in [0.2, 0.25) is 0 Å². The Labute approximate surface area is 166 Å². The fraction of sp³-hybridized carbons (Fsp3) is 0.391. The molecular formula is C23H28N2O3. The van der Waals surface area contributed by atoms with Gasteiger partial charge in [0.2, 0.25) is 0 Å². The molecule has 0 radical (unpaired) electrons. The lowest BCUT2D eigenvalue weighted by atomic mass is 9.94. The lowest BCUT2D eigenvalue weighted by molar-refractivity contribution is -0.130. The quantitative estimate of drug-likeness (QED) is 0.791. The number of carbonyl (C=O) groups excluding carboxylic acids is 2. The predicted octanol–water partition coefficient (Wildman–Crippen LogP) is 3.87. The minimum atomic E-state index is -0.123. The Balaban J connectivity index is 1.80. The van der Waals surface area contributed by atoms with Gasteiger partial charge >= 0.3 is 0 Å². The molecule has 1 aliphatic heterocycles. The van der Waals surface area contributed by atoms with Gasteiger partial charge in [0, 0.05) is 31.9 Å². The van der Waals surface area contributed by atoms with E-state index in [-0.39, 0.29) is 18.4 Å². The van der Waals surface area contributed by atoms with Gasteiger partial charge in [0.15, 0.2) is 6.61 Å². The summed E-state index contributed by atoms with van der Waals surface area (Å²) in [6, 6.07) is 13.5. The van der Waals surface area contributed by atoms with Crippen LogP contribution in [-0.2, 0) is 11.2 Å². The molecule has 1 aliphatic rings. The normalized spacial score (nSPS) is 13.2. The van der Waals surface area contributed by atoms with Gasteiger partial charge in [0.05, 0.1) is 0 Å². The van der Waals surface area contributed by atoms with Gasteiger partial charge in [-0.2, -0.15) is 0 Å². The molecule has 148 valence electrons. The second-order valence-corrected chi connectivity index (χ2v) is 7.71. The summed E-state index contributed by atoms with van der Waals surface area (Å²) in [6.45, 7) is 5.02. The Morgan fingerprint density at radius 3 is 2.64 bits per heavy atom. The van der Waals surface area contributed by atoms with Crippen molar-refractivity contribution >= 4 is 17.5 Å². The first-order valence-corrected chi connectivity index (χ1v) is 9.74. The first-order valence-electron chi connectivity index (χ1n) is 9.74. The lowest BCUT2D eigenvalue weighted by Gasteiger charge is -2.30. The monoisotopic (exact) mass is 380 g/mol. The van der Waals surface area contributed by atoms with Crippen LogP contribution >= 0.6 is 0 Å². The second-order valence-electron chi connectivity index (χ2n) is 7.71. The molecule has 2 aromatic rings. The zero-order valence-electron chi connectivity index (χ0n) is 17.1. The third kappa shape index (κ3) is 4.35. The molecular weight excluding hydrogens is 352 g/mol. The van der Waals surface area contributed by atoms with Gasteiger partial charge in [0.25, 0.3) is 11.8 Å². The number of amides is 2. The van der Waals surface area contributed by atoms with Crippen molar-refractivity contribution in [3.05, 3.63) is 59.2 Å². The highest BCUT2D eigenvalue weighted by Crippen LogP contribution is 2.31. The Morgan fingerprint density at radius 2 is 1.93 bits per heavy atom. The van der Waals surface area contributed by atoms with E-state index in [0.29, 0.717) is 23.8 Å². The number of likely N-dealkylation sites (N-methyl/N-ethyl adjacent to an activating group) is 1. The van der Waals surface area contributed by atoms with Crippen molar-refractivity contribution in [3.8, 4) is 5.75 Å². The van der Waals surface area contributed by atoms with Gasteiger partial charge in [0.1, 0.15) is 5.75 Å². The maximum Gasteiger partial charge on any atom is 0.259 e. The van der Waals surface area contributed by atoms with Crippen LogP contribution in [0.5, 0.6) is 5.75 Å². The summed E-state index contributed by atoms with van der Waals surface area (Å²) in [7, 11) is 3.37. The summed E-state index contributed by atoms with van der Waals surface area (Å²) in [5, 5.41) is 0. The number of hydrogen-bond donors (Lipinski definition) is 0. The van der Waals surface area contributed by atoms with E-state index in [0.717, 1.165) is 18.5 Å². The first-order chi connectivity index (χ1) is 13.4. The van der Waals surface area contributed by atoms with Crippen molar-refractivity contribution in [2.75, 3.05) is 32.1 Å². The van der Waals surface area contributed by atoms with Crippen molar-refractivity contribution in [3.63, 3.8) is 0 Å². The fourth-order valence-electron chi connectivity index (χ4n) is 3.34. The van der Waals surface area contributed by atoms with Crippen LogP contribution in [0, 0.1) is 0 Å². The topological polar surface area (TPSA) is 49.9 Å². The molecule has 0 fully saturated rings. The van der Waals surface area contributed by atoms with Gasteiger partial charge in [-0.25, -0.2) is 0 Å². The van der Waals surface area contributed by atoms with Crippen molar-refractivity contribution in [2.24, 2.45) is 0 Å². The molecule has 2 aromatic carbocycles. The number of anilines is 1. The zero-order valence-corrected chi connectivity index (χ0v) is 17.1. The highest BCUT2D eigenvalue weighted by Gasteiger charge is 2.24. The minimum absolute atomic E-state index is 0.0392. The van der Waals surface area contributed by atoms with Crippen LogP contribution in [0.15, 0.2) is 42.5 Å². The third-order valence-corrected chi connectivity index (χ3v) is 5.08. The standard InChI is InChI=1S/C23H28N2O3/c1-16(2)17-10-11-21-18(13-17)8-6-12-25(21)23(27)19-7-5-9-20(14-19)28-15-22(26)24(3)4/h5,7,9-11,13-14,16H,6,8,12,15H2,1-4H3. The molecule has 3 rings (SSSR count). The molecule has 0 atom stereocenters. The van der Waals surface area contributed by atoms with Crippen LogP contribution in [0.4, 0.5) is 5.69 Å². The van der Waals surface area contributed by atoms with Crippen LogP contribution in [-0.4, -0.2) is 44.0 Å². The van der Waals surface area contributed by atoms with Crippen molar-refractivity contribution in [1.82, 2.24) is 4.90 Å². The third-order valence-electron chi connectivity index (χ3n) is 5.08. The Hall–Kier alpha value is -2.82. The summed E-state index contributed by atoms with van der Waals surface area (Å²) in [6.07, 6.45) is 1.95. The maximum atomic E-state index is 13.2. The molecule has 1 heterocycles. The Kier molecular flexibility index (Phi) is 6.02. The smallest absolute Gasteiger partial charge is 0.259 e. The molecule has 2 amide bonds. The summed E-state index contributed by atoms with van der Waals surface area (Å²) in [5.74, 6) is 0.828. The van der Waals surface area contributed by atoms with Crippen LogP contribution in [0.1, 0.15) is 47.7 Å². The maximum absolute atomic E-state index is 13.2. The van der Waals surface area contributed by atoms with E-state index in [4.69, 9.17) is 4.74 Å². The average molecular weight is 380 g/mol. The van der Waals surface area contributed by atoms with E-state index in [1.165, 1.54) is 16.0 Å². The van der Waals surface area contributed by atoms with Crippen LogP contribution < -0.4 is 9.64 Å². The van der Waals surface area contributed by atoms with Gasteiger partial charge in [-0.3, -0.25) is 9.59 Å². The van der Waals surface area contributed by atoms with E-state index in [1.807, 2.05) is 4.90 Å². The summed E-state index contributed by atoms with van der Waals surface area (Å²) in [5.41, 5.74) is 4.09. The molecule has 0 aromatic heterocycles. The molecule has 0 bridgehead atoms. The molecule has 0 N–H and O–H groups in total. The Morgan fingerprint density at radius 1 is 1.14 bits per heavy atom. The zero-order chi connectivity index (χ0) is 20.3. The number of carbonyl (C=O) groups is 2. The number of nitrogens with zero attached hydrogens (tertiary/aromatic N) is 2. The van der Waals surface area contributed by atoms with Gasteiger partial charge in [-0.1, -0.05) is 32.0 Å². The van der Waals surface area contributed by atoms with Gasteiger partial charge in [-0.15, -0.1) is 0 Å². The first kappa shape index (κ1) is 19.9. The highest BCUT2D eigenvalue weighted by atomic mass is 16.5. The predicted molar refractivity (Wildman–Crippen MR) is 111 cm³/mol. The Bertz CT molecular complexity index is 874. The summed E-state index contributed by atoms with van der Waals surface area (Å²) >= 11 is 0. The number of benzene rings is 2. The van der Waals surface area contributed by atoms with E-state index >= 15 is 0 Å². The number of rotatable bonds is 5. The molecule has 5 heteroatoms. The van der Waals surface area contributed by atoms with Gasteiger partial charge < -0.3 is 14.5 Å². The second kappa shape index (κ2) is 8.46. The van der Waals surface area contributed by atoms with Gasteiger partial charge in [-0.05, 0) is 54.2 Å². The van der Waals surface area contributed by atoms with E-state index < -0.39 is 0 Å². The molecule has 28 heavy (non-hydrogen) atoms. The molecule has 0 saturated heterocycles. The number of hydrogen-bond acceptors (Lipinski definition) is 3. The summed E-state index contributed by atoms with van der Waals surface area (Å²) < 4.78 is 5.56. The largest absolute Gasteiger partial charge is 0.484 e. The SMILES string of the molecule is CC(C)c1ccc2c(c1)CCCN2C(=O)c1cccc(OCC(=O)N(C)C)c1. The van der Waals surface area contributed by atoms with Crippen LogP contribution in [0.3, 0.4) is 0 Å². The van der Waals surface area contributed by atoms with Crippen molar-refractivity contribution in [2.45, 2.75) is 32.6 Å². The molecule has 0 unspecified atom stereocenters. The number of ether oxygens (including phenoxy) is 1. The van der Waals surface area contributed by atoms with Crippen molar-refractivity contribution in [1.29, 1.82) is 0 Å². The van der Waals surface area contributed by atoms with Crippen LogP contribution in [0.25, 0.3) is 0 Å². The molecule has 5 nitrogen and oxygen atoms in total. The highest BCUT2D eigenvalue weighted by molar-refractivity contribution is 6.07.